The number of hydrogen-bond donors (Lipinski definition) is 0. The highest BCUT2D eigenvalue weighted by molar-refractivity contribution is 6.08. The Kier molecular flexibility index (Phi) is 2.46. The van der Waals surface area contributed by atoms with Gasteiger partial charge in [-0.25, -0.2) is 0 Å². The quantitative estimate of drug-likeness (QED) is 0.454. The van der Waals surface area contributed by atoms with E-state index < -0.39 is 0 Å². The van der Waals surface area contributed by atoms with Gasteiger partial charge >= 0.3 is 0 Å². The van der Waals surface area contributed by atoms with Crippen LogP contribution in [0.3, 0.4) is 0 Å². The predicted molar refractivity (Wildman–Crippen MR) is 90.0 cm³/mol. The molecule has 0 saturated carbocycles. The molecule has 4 nitrogen and oxygen atoms in total. The molecule has 5 rings (SSSR count). The molecule has 5 aromatic rings. The van der Waals surface area contributed by atoms with Gasteiger partial charge in [0.25, 0.3) is 0 Å². The van der Waals surface area contributed by atoms with Gasteiger partial charge in [-0.15, -0.1) is 0 Å². The monoisotopic (exact) mass is 297 g/mol. The summed E-state index contributed by atoms with van der Waals surface area (Å²) in [7, 11) is 0. The van der Waals surface area contributed by atoms with Crippen molar-refractivity contribution in [1.29, 1.82) is 0 Å². The lowest BCUT2D eigenvalue weighted by Gasteiger charge is -2.02. The highest BCUT2D eigenvalue weighted by Crippen LogP contribution is 2.34. The zero-order chi connectivity index (χ0) is 15.2. The maximum Gasteiger partial charge on any atom is 0.163 e. The number of pyridine rings is 3. The van der Waals surface area contributed by atoms with Gasteiger partial charge in [-0.1, -0.05) is 18.2 Å². The van der Waals surface area contributed by atoms with Crippen LogP contribution in [0, 0.1) is 0 Å². The Hall–Kier alpha value is -3.27. The lowest BCUT2D eigenvalue weighted by atomic mass is 10.1. The second-order valence-electron chi connectivity index (χ2n) is 5.43. The van der Waals surface area contributed by atoms with Gasteiger partial charge in [-0.3, -0.25) is 15.0 Å². The van der Waals surface area contributed by atoms with Crippen LogP contribution < -0.4 is 0 Å². The predicted octanol–water partition coefficient (Wildman–Crippen LogP) is 4.59. The molecule has 0 amide bonds. The molecule has 0 aliphatic carbocycles. The highest BCUT2D eigenvalue weighted by Gasteiger charge is 2.14. The first-order valence-corrected chi connectivity index (χ1v) is 7.36. The maximum atomic E-state index is 6.03. The number of para-hydroxylation sites is 1. The van der Waals surface area contributed by atoms with Crippen molar-refractivity contribution in [2.75, 3.05) is 0 Å². The van der Waals surface area contributed by atoms with Crippen LogP contribution in [0.1, 0.15) is 0 Å². The number of nitrogens with zero attached hydrogens (tertiary/aromatic N) is 3. The van der Waals surface area contributed by atoms with E-state index in [1.54, 1.807) is 12.4 Å². The first-order chi connectivity index (χ1) is 11.4. The molecule has 0 radical (unpaired) electrons. The van der Waals surface area contributed by atoms with Crippen LogP contribution in [0.2, 0.25) is 0 Å². The van der Waals surface area contributed by atoms with Crippen LogP contribution in [0.4, 0.5) is 0 Å². The third kappa shape index (κ3) is 1.82. The average Bonchev–Trinajstić information content (AvgIpc) is 3.00. The summed E-state index contributed by atoms with van der Waals surface area (Å²) < 4.78 is 6.03. The summed E-state index contributed by atoms with van der Waals surface area (Å²) >= 11 is 0. The standard InChI is InChI=1S/C19H11N3O/c1-2-4-17-14(3-1)15-6-8-21-18(19(15)23-17)16-9-13-10-20-7-5-12(13)11-22-16/h1-11H. The number of fused-ring (bicyclic) bond motifs is 4. The largest absolute Gasteiger partial charge is 0.454 e. The van der Waals surface area contributed by atoms with Crippen LogP contribution in [0.5, 0.6) is 0 Å². The molecule has 0 bridgehead atoms. The third-order valence-corrected chi connectivity index (χ3v) is 4.06. The Labute approximate surface area is 131 Å². The van der Waals surface area contributed by atoms with Crippen molar-refractivity contribution in [2.45, 2.75) is 0 Å². The fourth-order valence-corrected chi connectivity index (χ4v) is 2.94. The SMILES string of the molecule is c1ccc2c(c1)oc1c(-c3cc4cnccc4cn3)nccc12. The molecular formula is C19H11N3O. The van der Waals surface area contributed by atoms with Crippen LogP contribution in [-0.2, 0) is 0 Å². The topological polar surface area (TPSA) is 51.8 Å². The van der Waals surface area contributed by atoms with Crippen molar-refractivity contribution < 1.29 is 4.42 Å². The number of hydrogen-bond acceptors (Lipinski definition) is 4. The average molecular weight is 297 g/mol. The molecule has 0 unspecified atom stereocenters. The second kappa shape index (κ2) is 4.61. The highest BCUT2D eigenvalue weighted by atomic mass is 16.3. The van der Waals surface area contributed by atoms with E-state index in [9.17, 15) is 0 Å². The van der Waals surface area contributed by atoms with Crippen molar-refractivity contribution in [2.24, 2.45) is 0 Å². The Morgan fingerprint density at radius 2 is 1.74 bits per heavy atom. The van der Waals surface area contributed by atoms with E-state index in [1.165, 1.54) is 0 Å². The summed E-state index contributed by atoms with van der Waals surface area (Å²) in [5.74, 6) is 0. The molecule has 23 heavy (non-hydrogen) atoms. The van der Waals surface area contributed by atoms with Crippen molar-refractivity contribution in [3.05, 3.63) is 67.3 Å². The summed E-state index contributed by atoms with van der Waals surface area (Å²) in [4.78, 5) is 13.2. The van der Waals surface area contributed by atoms with Gasteiger partial charge in [-0.2, -0.15) is 0 Å². The molecule has 0 saturated heterocycles. The van der Waals surface area contributed by atoms with Gasteiger partial charge in [0.05, 0.1) is 5.69 Å². The molecule has 1 aromatic carbocycles. The van der Waals surface area contributed by atoms with E-state index in [1.807, 2.05) is 48.8 Å². The van der Waals surface area contributed by atoms with Crippen molar-refractivity contribution in [1.82, 2.24) is 15.0 Å². The molecule has 0 atom stereocenters. The molecule has 4 heterocycles. The van der Waals surface area contributed by atoms with E-state index in [0.717, 1.165) is 44.1 Å². The van der Waals surface area contributed by atoms with Gasteiger partial charge in [0, 0.05) is 46.3 Å². The van der Waals surface area contributed by atoms with Gasteiger partial charge < -0.3 is 4.42 Å². The Bertz CT molecular complexity index is 1180. The molecule has 0 aliphatic rings. The first-order valence-electron chi connectivity index (χ1n) is 7.36. The summed E-state index contributed by atoms with van der Waals surface area (Å²) in [6.45, 7) is 0. The number of furan rings is 1. The fourth-order valence-electron chi connectivity index (χ4n) is 2.94. The van der Waals surface area contributed by atoms with Crippen LogP contribution >= 0.6 is 0 Å². The third-order valence-electron chi connectivity index (χ3n) is 4.06. The van der Waals surface area contributed by atoms with Crippen molar-refractivity contribution in [3.8, 4) is 11.4 Å². The van der Waals surface area contributed by atoms with Crippen LogP contribution in [-0.4, -0.2) is 15.0 Å². The molecule has 4 aromatic heterocycles. The van der Waals surface area contributed by atoms with E-state index in [-0.39, 0.29) is 0 Å². The fraction of sp³-hybridized carbons (Fsp3) is 0. The summed E-state index contributed by atoms with van der Waals surface area (Å²) in [6, 6.07) is 13.9. The second-order valence-corrected chi connectivity index (χ2v) is 5.43. The molecule has 0 aliphatic heterocycles. The van der Waals surface area contributed by atoms with E-state index in [2.05, 4.69) is 21.0 Å². The maximum absolute atomic E-state index is 6.03. The number of benzene rings is 1. The minimum atomic E-state index is 0.754. The van der Waals surface area contributed by atoms with E-state index in [0.29, 0.717) is 0 Å². The number of rotatable bonds is 1. The molecule has 4 heteroatoms. The molecule has 0 N–H and O–H groups in total. The molecule has 0 fully saturated rings. The lowest BCUT2D eigenvalue weighted by Crippen LogP contribution is -1.88. The van der Waals surface area contributed by atoms with E-state index >= 15 is 0 Å². The summed E-state index contributed by atoms with van der Waals surface area (Å²) in [6.07, 6.45) is 7.24. The van der Waals surface area contributed by atoms with E-state index in [4.69, 9.17) is 4.42 Å². The molecular weight excluding hydrogens is 286 g/mol. The Morgan fingerprint density at radius 3 is 2.74 bits per heavy atom. The molecule has 108 valence electrons. The molecule has 0 spiro atoms. The Balaban J connectivity index is 1.84. The first kappa shape index (κ1) is 12.3. The van der Waals surface area contributed by atoms with Gasteiger partial charge in [0.15, 0.2) is 5.58 Å². The van der Waals surface area contributed by atoms with Gasteiger partial charge in [-0.05, 0) is 24.3 Å². The van der Waals surface area contributed by atoms with Crippen molar-refractivity contribution in [3.63, 3.8) is 0 Å². The smallest absolute Gasteiger partial charge is 0.163 e. The minimum Gasteiger partial charge on any atom is -0.454 e. The Morgan fingerprint density at radius 1 is 0.783 bits per heavy atom. The minimum absolute atomic E-state index is 0.754. The lowest BCUT2D eigenvalue weighted by molar-refractivity contribution is 0.668. The van der Waals surface area contributed by atoms with Crippen LogP contribution in [0.25, 0.3) is 44.1 Å². The summed E-state index contributed by atoms with van der Waals surface area (Å²) in [5, 5.41) is 4.24. The zero-order valence-electron chi connectivity index (χ0n) is 12.1. The zero-order valence-corrected chi connectivity index (χ0v) is 12.1. The van der Waals surface area contributed by atoms with Gasteiger partial charge in [0.2, 0.25) is 0 Å². The number of aromatic nitrogens is 3. The van der Waals surface area contributed by atoms with Gasteiger partial charge in [0.1, 0.15) is 11.3 Å². The van der Waals surface area contributed by atoms with Crippen molar-refractivity contribution >= 4 is 32.7 Å². The summed E-state index contributed by atoms with van der Waals surface area (Å²) in [5.41, 5.74) is 3.17. The van der Waals surface area contributed by atoms with Crippen LogP contribution in [0.15, 0.2) is 71.7 Å². The normalized spacial score (nSPS) is 11.5.